The summed E-state index contributed by atoms with van der Waals surface area (Å²) in [5, 5.41) is 3.94. The van der Waals surface area contributed by atoms with Crippen LogP contribution in [0.1, 0.15) is 29.6 Å². The molecule has 0 N–H and O–H groups in total. The minimum atomic E-state index is 0.152. The van der Waals surface area contributed by atoms with Crippen LogP contribution in [0.4, 0.5) is 0 Å². The number of hydrogen-bond donors (Lipinski definition) is 0. The molecule has 0 unspecified atom stereocenters. The molecule has 18 heavy (non-hydrogen) atoms. The number of methoxy groups -OCH3 is 1. The molecule has 2 aromatic rings. The lowest BCUT2D eigenvalue weighted by atomic mass is 10.3. The van der Waals surface area contributed by atoms with Gasteiger partial charge in [-0.25, -0.2) is 0 Å². The molecule has 0 aliphatic heterocycles. The van der Waals surface area contributed by atoms with Gasteiger partial charge in [0, 0.05) is 18.0 Å². The summed E-state index contributed by atoms with van der Waals surface area (Å²) in [5.41, 5.74) is 0.974. The largest absolute Gasteiger partial charge is 0.497 e. The van der Waals surface area contributed by atoms with E-state index in [4.69, 9.17) is 9.26 Å². The molecule has 6 heteroatoms. The van der Waals surface area contributed by atoms with Gasteiger partial charge in [-0.05, 0) is 19.9 Å². The van der Waals surface area contributed by atoms with E-state index < -0.39 is 0 Å². The number of ether oxygens (including phenoxy) is 1. The van der Waals surface area contributed by atoms with Crippen LogP contribution in [0, 0.1) is 6.92 Å². The summed E-state index contributed by atoms with van der Waals surface area (Å²) in [6, 6.07) is 3.76. The third-order valence-electron chi connectivity index (χ3n) is 2.40. The molecule has 2 heterocycles. The highest BCUT2D eigenvalue weighted by atomic mass is 32.2. The summed E-state index contributed by atoms with van der Waals surface area (Å²) in [6.45, 7) is 3.85. The van der Waals surface area contributed by atoms with Crippen LogP contribution in [0.3, 0.4) is 0 Å². The molecular weight excluding hydrogens is 250 g/mol. The Bertz CT molecular complexity index is 516. The van der Waals surface area contributed by atoms with Gasteiger partial charge in [0.25, 0.3) is 0 Å². The van der Waals surface area contributed by atoms with Crippen LogP contribution < -0.4 is 4.74 Å². The van der Waals surface area contributed by atoms with Crippen LogP contribution in [-0.2, 0) is 5.75 Å². The second-order valence-corrected chi connectivity index (χ2v) is 5.15. The van der Waals surface area contributed by atoms with Gasteiger partial charge < -0.3 is 9.26 Å². The van der Waals surface area contributed by atoms with Gasteiger partial charge in [-0.15, -0.1) is 11.8 Å². The first-order valence-electron chi connectivity index (χ1n) is 5.60. The smallest absolute Gasteiger partial charge is 0.239 e. The highest BCUT2D eigenvalue weighted by molar-refractivity contribution is 7.98. The molecule has 0 saturated carbocycles. The summed E-state index contributed by atoms with van der Waals surface area (Å²) < 4.78 is 10.3. The van der Waals surface area contributed by atoms with Crippen molar-refractivity contribution in [2.75, 3.05) is 7.11 Å². The van der Waals surface area contributed by atoms with Crippen molar-refractivity contribution in [2.45, 2.75) is 24.9 Å². The predicted molar refractivity (Wildman–Crippen MR) is 69.5 cm³/mol. The lowest BCUT2D eigenvalue weighted by Crippen LogP contribution is -1.93. The lowest BCUT2D eigenvalue weighted by molar-refractivity contribution is 0.376. The zero-order chi connectivity index (χ0) is 13.0. The topological polar surface area (TPSA) is 61.0 Å². The van der Waals surface area contributed by atoms with Gasteiger partial charge in [0.2, 0.25) is 5.89 Å². The van der Waals surface area contributed by atoms with Gasteiger partial charge >= 0.3 is 0 Å². The Balaban J connectivity index is 1.94. The van der Waals surface area contributed by atoms with E-state index in [2.05, 4.69) is 15.1 Å². The summed E-state index contributed by atoms with van der Waals surface area (Å²) >= 11 is 1.70. The molecule has 2 rings (SSSR count). The average molecular weight is 265 g/mol. The number of hydrogen-bond acceptors (Lipinski definition) is 6. The van der Waals surface area contributed by atoms with Crippen molar-refractivity contribution in [2.24, 2.45) is 0 Å². The Morgan fingerprint density at radius 2 is 2.33 bits per heavy atom. The van der Waals surface area contributed by atoms with Gasteiger partial charge in [0.15, 0.2) is 5.82 Å². The second-order valence-electron chi connectivity index (χ2n) is 3.82. The number of aromatic nitrogens is 3. The molecule has 0 aromatic carbocycles. The summed E-state index contributed by atoms with van der Waals surface area (Å²) in [6.07, 6.45) is 1.75. The van der Waals surface area contributed by atoms with Crippen molar-refractivity contribution in [3.8, 4) is 5.75 Å². The molecule has 0 spiro atoms. The van der Waals surface area contributed by atoms with E-state index in [-0.39, 0.29) is 5.25 Å². The van der Waals surface area contributed by atoms with E-state index in [1.807, 2.05) is 26.0 Å². The van der Waals surface area contributed by atoms with Gasteiger partial charge in [0.05, 0.1) is 18.1 Å². The van der Waals surface area contributed by atoms with E-state index in [0.29, 0.717) is 11.7 Å². The quantitative estimate of drug-likeness (QED) is 0.828. The van der Waals surface area contributed by atoms with E-state index in [1.54, 1.807) is 25.1 Å². The van der Waals surface area contributed by atoms with E-state index in [9.17, 15) is 0 Å². The van der Waals surface area contributed by atoms with Crippen LogP contribution in [0.5, 0.6) is 5.75 Å². The van der Waals surface area contributed by atoms with Crippen molar-refractivity contribution in [3.63, 3.8) is 0 Å². The average Bonchev–Trinajstić information content (AvgIpc) is 2.83. The Morgan fingerprint density at radius 3 is 3.00 bits per heavy atom. The molecule has 1 atom stereocenters. The first-order valence-corrected chi connectivity index (χ1v) is 6.64. The van der Waals surface area contributed by atoms with Gasteiger partial charge in [-0.2, -0.15) is 4.98 Å². The second kappa shape index (κ2) is 5.86. The van der Waals surface area contributed by atoms with Crippen LogP contribution in [0.15, 0.2) is 22.9 Å². The fraction of sp³-hybridized carbons (Fsp3) is 0.417. The number of nitrogens with zero attached hydrogens (tertiary/aromatic N) is 3. The third-order valence-corrected chi connectivity index (χ3v) is 3.56. The number of pyridine rings is 1. The van der Waals surface area contributed by atoms with Crippen LogP contribution in [0.25, 0.3) is 0 Å². The summed E-state index contributed by atoms with van der Waals surface area (Å²) in [4.78, 5) is 8.50. The first-order chi connectivity index (χ1) is 8.69. The van der Waals surface area contributed by atoms with E-state index >= 15 is 0 Å². The number of thioether (sulfide) groups is 1. The molecule has 0 aliphatic rings. The minimum absolute atomic E-state index is 0.152. The Hall–Kier alpha value is -1.56. The molecule has 0 amide bonds. The number of rotatable bonds is 5. The summed E-state index contributed by atoms with van der Waals surface area (Å²) in [7, 11) is 1.65. The highest BCUT2D eigenvalue weighted by Gasteiger charge is 2.13. The molecule has 2 aromatic heterocycles. The first kappa shape index (κ1) is 12.9. The Morgan fingerprint density at radius 1 is 1.50 bits per heavy atom. The molecule has 0 fully saturated rings. The standard InChI is InChI=1S/C12H15N3O2S/c1-8(12-14-9(2)15-17-12)18-7-10-6-11(16-3)4-5-13-10/h4-6,8H,7H2,1-3H3/t8-/m1/s1. The molecule has 0 saturated heterocycles. The molecule has 96 valence electrons. The molecule has 0 bridgehead atoms. The molecule has 0 aliphatic carbocycles. The highest BCUT2D eigenvalue weighted by Crippen LogP contribution is 2.29. The van der Waals surface area contributed by atoms with Gasteiger partial charge in [-0.1, -0.05) is 5.16 Å². The third kappa shape index (κ3) is 3.22. The van der Waals surface area contributed by atoms with Crippen molar-refractivity contribution in [3.05, 3.63) is 35.7 Å². The zero-order valence-electron chi connectivity index (χ0n) is 10.6. The van der Waals surface area contributed by atoms with Crippen molar-refractivity contribution < 1.29 is 9.26 Å². The van der Waals surface area contributed by atoms with Gasteiger partial charge in [0.1, 0.15) is 5.75 Å². The fourth-order valence-corrected chi connectivity index (χ4v) is 2.24. The monoisotopic (exact) mass is 265 g/mol. The molecule has 5 nitrogen and oxygen atoms in total. The predicted octanol–water partition coefficient (Wildman–Crippen LogP) is 2.78. The Kier molecular flexibility index (Phi) is 4.19. The van der Waals surface area contributed by atoms with Crippen molar-refractivity contribution in [1.29, 1.82) is 0 Å². The van der Waals surface area contributed by atoms with Crippen molar-refractivity contribution in [1.82, 2.24) is 15.1 Å². The van der Waals surface area contributed by atoms with Crippen LogP contribution in [-0.4, -0.2) is 22.2 Å². The minimum Gasteiger partial charge on any atom is -0.497 e. The molecule has 0 radical (unpaired) electrons. The maximum atomic E-state index is 5.16. The lowest BCUT2D eigenvalue weighted by Gasteiger charge is -2.06. The number of aryl methyl sites for hydroxylation is 1. The van der Waals surface area contributed by atoms with Crippen LogP contribution in [0.2, 0.25) is 0 Å². The fourth-order valence-electron chi connectivity index (χ4n) is 1.42. The maximum absolute atomic E-state index is 5.16. The van der Waals surface area contributed by atoms with Crippen LogP contribution >= 0.6 is 11.8 Å². The Labute approximate surface area is 110 Å². The zero-order valence-corrected chi connectivity index (χ0v) is 11.4. The SMILES string of the molecule is COc1ccnc(CS[C@H](C)c2nc(C)no2)c1. The molecular formula is C12H15N3O2S. The summed E-state index contributed by atoms with van der Waals surface area (Å²) in [5.74, 6) is 2.92. The van der Waals surface area contributed by atoms with E-state index in [1.165, 1.54) is 0 Å². The maximum Gasteiger partial charge on any atom is 0.239 e. The van der Waals surface area contributed by atoms with Crippen molar-refractivity contribution >= 4 is 11.8 Å². The van der Waals surface area contributed by atoms with Gasteiger partial charge in [-0.3, -0.25) is 4.98 Å². The van der Waals surface area contributed by atoms with E-state index in [0.717, 1.165) is 17.2 Å². The normalized spacial score (nSPS) is 12.4.